The van der Waals surface area contributed by atoms with Crippen molar-refractivity contribution < 1.29 is 9.90 Å². The molecule has 4 heteroatoms. The molecule has 0 fully saturated rings. The van der Waals surface area contributed by atoms with Crippen LogP contribution in [0.3, 0.4) is 0 Å². The minimum absolute atomic E-state index is 0.546. The Morgan fingerprint density at radius 2 is 2.10 bits per heavy atom. The van der Waals surface area contributed by atoms with Crippen molar-refractivity contribution >= 4 is 5.91 Å². The lowest BCUT2D eigenvalue weighted by molar-refractivity contribution is -0.125. The van der Waals surface area contributed by atoms with Crippen LogP contribution >= 0.6 is 0 Å². The quantitative estimate of drug-likeness (QED) is 0.469. The summed E-state index contributed by atoms with van der Waals surface area (Å²) in [5.41, 5.74) is 3.88. The van der Waals surface area contributed by atoms with Gasteiger partial charge in [0.15, 0.2) is 0 Å². The van der Waals surface area contributed by atoms with Crippen LogP contribution in [0.25, 0.3) is 0 Å². The minimum atomic E-state index is -1.10. The molecule has 60 valence electrons. The van der Waals surface area contributed by atoms with Crippen molar-refractivity contribution in [3.05, 3.63) is 0 Å². The number of carbonyl (C=O) groups excluding carboxylic acids is 1. The lowest BCUT2D eigenvalue weighted by Gasteiger charge is -2.25. The fourth-order valence-electron chi connectivity index (χ4n) is 0.844. The van der Waals surface area contributed by atoms with Gasteiger partial charge in [-0.05, 0) is 20.9 Å². The summed E-state index contributed by atoms with van der Waals surface area (Å²) in [6.45, 7) is 3.05. The van der Waals surface area contributed by atoms with Crippen LogP contribution < -0.4 is 11.1 Å². The Morgan fingerprint density at radius 3 is 2.10 bits per heavy atom. The van der Waals surface area contributed by atoms with Gasteiger partial charge in [-0.2, -0.15) is 0 Å². The van der Waals surface area contributed by atoms with Gasteiger partial charge in [-0.25, -0.2) is 0 Å². The topological polar surface area (TPSA) is 75.3 Å². The van der Waals surface area contributed by atoms with Gasteiger partial charge in [-0.1, -0.05) is 0 Å². The van der Waals surface area contributed by atoms with E-state index in [0.29, 0.717) is 0 Å². The summed E-state index contributed by atoms with van der Waals surface area (Å²) in [6, 6.07) is -0.688. The van der Waals surface area contributed by atoms with E-state index in [1.54, 1.807) is 7.05 Å². The van der Waals surface area contributed by atoms with Crippen LogP contribution in [0.2, 0.25) is 0 Å². The van der Waals surface area contributed by atoms with Gasteiger partial charge in [0, 0.05) is 0 Å². The van der Waals surface area contributed by atoms with Gasteiger partial charge in [-0.15, -0.1) is 0 Å². The first-order valence-corrected chi connectivity index (χ1v) is 3.08. The number of amides is 1. The van der Waals surface area contributed by atoms with E-state index in [0.717, 1.165) is 0 Å². The number of carbonyl (C=O) groups is 1. The third-order valence-electron chi connectivity index (χ3n) is 1.28. The van der Waals surface area contributed by atoms with Gasteiger partial charge >= 0.3 is 0 Å². The Kier molecular flexibility index (Phi) is 2.80. The molecule has 0 aliphatic heterocycles. The first-order chi connectivity index (χ1) is 4.39. The first kappa shape index (κ1) is 9.39. The van der Waals surface area contributed by atoms with Crippen LogP contribution in [0.15, 0.2) is 0 Å². The molecule has 0 spiro atoms. The van der Waals surface area contributed by atoms with Crippen LogP contribution in [-0.2, 0) is 4.79 Å². The van der Waals surface area contributed by atoms with E-state index in [1.807, 2.05) is 0 Å². The molecule has 0 heterocycles. The predicted molar refractivity (Wildman–Crippen MR) is 38.3 cm³/mol. The third kappa shape index (κ3) is 2.33. The molecule has 0 aliphatic rings. The van der Waals surface area contributed by atoms with E-state index in [1.165, 1.54) is 13.8 Å². The minimum Gasteiger partial charge on any atom is -0.388 e. The number of nitrogens with one attached hydrogen (secondary N) is 1. The Morgan fingerprint density at radius 1 is 1.70 bits per heavy atom. The first-order valence-electron chi connectivity index (χ1n) is 3.08. The Bertz CT molecular complexity index is 128. The average Bonchev–Trinajstić information content (AvgIpc) is 1.60. The van der Waals surface area contributed by atoms with Crippen molar-refractivity contribution in [2.24, 2.45) is 5.73 Å². The number of rotatable bonds is 3. The molecular weight excluding hydrogens is 132 g/mol. The van der Waals surface area contributed by atoms with E-state index in [4.69, 9.17) is 5.73 Å². The van der Waals surface area contributed by atoms with Gasteiger partial charge in [-0.3, -0.25) is 4.79 Å². The summed E-state index contributed by atoms with van der Waals surface area (Å²) in [7, 11) is 1.58. The molecule has 0 saturated heterocycles. The van der Waals surface area contributed by atoms with Crippen LogP contribution in [0.1, 0.15) is 13.8 Å². The number of hydrogen-bond acceptors (Lipinski definition) is 3. The Hall–Kier alpha value is -0.610. The molecule has 0 saturated carbocycles. The zero-order valence-electron chi connectivity index (χ0n) is 6.51. The second kappa shape index (κ2) is 2.98. The molecule has 4 N–H and O–H groups in total. The third-order valence-corrected chi connectivity index (χ3v) is 1.28. The molecule has 0 bridgehead atoms. The lowest BCUT2D eigenvalue weighted by Crippen LogP contribution is -2.53. The molecule has 1 unspecified atom stereocenters. The van der Waals surface area contributed by atoms with Crippen molar-refractivity contribution in [1.29, 1.82) is 0 Å². The highest BCUT2D eigenvalue weighted by Gasteiger charge is 2.29. The van der Waals surface area contributed by atoms with Gasteiger partial charge in [0.25, 0.3) is 0 Å². The smallest absolute Gasteiger partial charge is 0.237 e. The van der Waals surface area contributed by atoms with Gasteiger partial charge < -0.3 is 16.2 Å². The normalized spacial score (nSPS) is 14.8. The van der Waals surface area contributed by atoms with E-state index >= 15 is 0 Å². The zero-order valence-corrected chi connectivity index (χ0v) is 6.51. The van der Waals surface area contributed by atoms with Crippen molar-refractivity contribution in [1.82, 2.24) is 5.32 Å². The van der Waals surface area contributed by atoms with E-state index in [9.17, 15) is 9.90 Å². The molecule has 0 aromatic heterocycles. The second-order valence-corrected chi connectivity index (χ2v) is 2.78. The largest absolute Gasteiger partial charge is 0.388 e. The number of nitrogens with two attached hydrogens (primary N) is 1. The second-order valence-electron chi connectivity index (χ2n) is 2.78. The monoisotopic (exact) mass is 146 g/mol. The lowest BCUT2D eigenvalue weighted by atomic mass is 9.99. The molecule has 0 aromatic carbocycles. The fraction of sp³-hybridized carbons (Fsp3) is 0.833. The van der Waals surface area contributed by atoms with Crippen LogP contribution in [-0.4, -0.2) is 29.7 Å². The molecule has 0 aliphatic carbocycles. The van der Waals surface area contributed by atoms with Crippen molar-refractivity contribution in [3.8, 4) is 0 Å². The Balaban J connectivity index is 4.22. The molecule has 10 heavy (non-hydrogen) atoms. The fourth-order valence-corrected chi connectivity index (χ4v) is 0.844. The zero-order chi connectivity index (χ0) is 8.36. The van der Waals surface area contributed by atoms with Crippen LogP contribution in [0.5, 0.6) is 0 Å². The summed E-state index contributed by atoms with van der Waals surface area (Å²) >= 11 is 0. The van der Waals surface area contributed by atoms with Crippen molar-refractivity contribution in [2.45, 2.75) is 25.5 Å². The number of aliphatic hydroxyl groups is 1. The maximum Gasteiger partial charge on any atom is 0.237 e. The van der Waals surface area contributed by atoms with Gasteiger partial charge in [0.1, 0.15) is 6.04 Å². The van der Waals surface area contributed by atoms with Gasteiger partial charge in [0.2, 0.25) is 5.91 Å². The maximum absolute atomic E-state index is 10.6. The van der Waals surface area contributed by atoms with Crippen LogP contribution in [0.4, 0.5) is 0 Å². The van der Waals surface area contributed by atoms with Crippen molar-refractivity contribution in [2.75, 3.05) is 7.05 Å². The van der Waals surface area contributed by atoms with E-state index in [2.05, 4.69) is 5.32 Å². The molecule has 0 aromatic rings. The number of primary amides is 1. The summed E-state index contributed by atoms with van der Waals surface area (Å²) < 4.78 is 0. The number of hydrogen-bond donors (Lipinski definition) is 3. The van der Waals surface area contributed by atoms with Crippen LogP contribution in [0, 0.1) is 0 Å². The molecule has 1 atom stereocenters. The molecule has 0 rings (SSSR count). The SMILES string of the molecule is CNC(C(N)=O)C(C)(C)O. The average molecular weight is 146 g/mol. The van der Waals surface area contributed by atoms with Gasteiger partial charge in [0.05, 0.1) is 5.60 Å². The number of likely N-dealkylation sites (N-methyl/N-ethyl adjacent to an activating group) is 1. The molecule has 1 amide bonds. The highest BCUT2D eigenvalue weighted by Crippen LogP contribution is 2.06. The molecule has 0 radical (unpaired) electrons. The molecular formula is C6H14N2O2. The van der Waals surface area contributed by atoms with E-state index < -0.39 is 17.6 Å². The maximum atomic E-state index is 10.6. The van der Waals surface area contributed by atoms with E-state index in [-0.39, 0.29) is 0 Å². The van der Waals surface area contributed by atoms with Crippen molar-refractivity contribution in [3.63, 3.8) is 0 Å². The summed E-state index contributed by atoms with van der Waals surface area (Å²) in [6.07, 6.45) is 0. The molecule has 4 nitrogen and oxygen atoms in total. The highest BCUT2D eigenvalue weighted by atomic mass is 16.3. The summed E-state index contributed by atoms with van der Waals surface area (Å²) in [5.74, 6) is -0.546. The predicted octanol–water partition coefficient (Wildman–Crippen LogP) is -1.17. The Labute approximate surface area is 60.4 Å². The standard InChI is InChI=1S/C6H14N2O2/c1-6(2,10)4(8-3)5(7)9/h4,8,10H,1-3H3,(H2,7,9). The summed E-state index contributed by atoms with van der Waals surface area (Å²) in [5, 5.41) is 11.9. The summed E-state index contributed by atoms with van der Waals surface area (Å²) in [4.78, 5) is 10.6. The highest BCUT2D eigenvalue weighted by molar-refractivity contribution is 5.81.